The average Bonchev–Trinajstić information content (AvgIpc) is 2.73. The highest BCUT2D eigenvalue weighted by Crippen LogP contribution is 2.08. The number of nitrogens with one attached hydrogen (secondary N) is 1. The van der Waals surface area contributed by atoms with Gasteiger partial charge in [0.05, 0.1) is 0 Å². The molecule has 0 unspecified atom stereocenters. The molecule has 1 aromatic heterocycles. The molecule has 0 radical (unpaired) electrons. The van der Waals surface area contributed by atoms with Gasteiger partial charge in [0.25, 0.3) is 0 Å². The average molecular weight is 265 g/mol. The monoisotopic (exact) mass is 265 g/mol. The number of aryl methyl sites for hydroxylation is 1. The van der Waals surface area contributed by atoms with Crippen molar-refractivity contribution in [1.29, 1.82) is 0 Å². The van der Waals surface area contributed by atoms with Gasteiger partial charge < -0.3 is 5.32 Å². The lowest BCUT2D eigenvalue weighted by molar-refractivity contribution is 0.577. The Bertz CT molecular complexity index is 517. The standard InChI is InChI=1S/C14H17F2N3/c1-19-14(4-7-18-19)3-6-17-5-2-11-8-12(15)10-13(16)9-11/h4,7-10,17H,2-3,5-6H2,1H3. The van der Waals surface area contributed by atoms with Crippen LogP contribution in [0, 0.1) is 11.6 Å². The SMILES string of the molecule is Cn1nccc1CCNCCc1cc(F)cc(F)c1. The second-order valence-corrected chi connectivity index (χ2v) is 4.47. The van der Waals surface area contributed by atoms with E-state index in [1.54, 1.807) is 6.20 Å². The molecule has 1 aromatic carbocycles. The van der Waals surface area contributed by atoms with Crippen LogP contribution in [-0.2, 0) is 19.9 Å². The third-order valence-corrected chi connectivity index (χ3v) is 2.99. The molecule has 0 amide bonds. The maximum Gasteiger partial charge on any atom is 0.126 e. The van der Waals surface area contributed by atoms with E-state index in [2.05, 4.69) is 10.4 Å². The van der Waals surface area contributed by atoms with E-state index in [1.807, 2.05) is 17.8 Å². The van der Waals surface area contributed by atoms with Crippen LogP contribution >= 0.6 is 0 Å². The van der Waals surface area contributed by atoms with Crippen LogP contribution in [0.4, 0.5) is 8.78 Å². The molecule has 0 spiro atoms. The third-order valence-electron chi connectivity index (χ3n) is 2.99. The van der Waals surface area contributed by atoms with Gasteiger partial charge in [-0.2, -0.15) is 5.10 Å². The van der Waals surface area contributed by atoms with Crippen molar-refractivity contribution >= 4 is 0 Å². The molecule has 0 saturated heterocycles. The topological polar surface area (TPSA) is 29.9 Å². The predicted octanol–water partition coefficient (Wildman–Crippen LogP) is 2.07. The van der Waals surface area contributed by atoms with Gasteiger partial charge in [-0.3, -0.25) is 4.68 Å². The van der Waals surface area contributed by atoms with Crippen molar-refractivity contribution in [1.82, 2.24) is 15.1 Å². The zero-order valence-corrected chi connectivity index (χ0v) is 10.9. The maximum atomic E-state index is 13.0. The Kier molecular flexibility index (Phi) is 4.63. The molecule has 0 bridgehead atoms. The summed E-state index contributed by atoms with van der Waals surface area (Å²) in [6, 6.07) is 5.60. The highest BCUT2D eigenvalue weighted by molar-refractivity contribution is 5.18. The highest BCUT2D eigenvalue weighted by Gasteiger charge is 2.01. The van der Waals surface area contributed by atoms with E-state index in [-0.39, 0.29) is 0 Å². The van der Waals surface area contributed by atoms with E-state index in [9.17, 15) is 8.78 Å². The molecule has 0 saturated carbocycles. The minimum atomic E-state index is -0.523. The van der Waals surface area contributed by atoms with E-state index in [0.717, 1.165) is 24.7 Å². The van der Waals surface area contributed by atoms with Crippen LogP contribution in [0.5, 0.6) is 0 Å². The number of rotatable bonds is 6. The van der Waals surface area contributed by atoms with E-state index in [1.165, 1.54) is 12.1 Å². The summed E-state index contributed by atoms with van der Waals surface area (Å²) in [6.45, 7) is 1.51. The van der Waals surface area contributed by atoms with Crippen molar-refractivity contribution < 1.29 is 8.78 Å². The first kappa shape index (κ1) is 13.7. The van der Waals surface area contributed by atoms with Crippen LogP contribution in [0.25, 0.3) is 0 Å². The third kappa shape index (κ3) is 4.13. The molecule has 0 aliphatic carbocycles. The Balaban J connectivity index is 1.71. The van der Waals surface area contributed by atoms with Gasteiger partial charge in [-0.05, 0) is 36.7 Å². The first-order chi connectivity index (χ1) is 9.15. The minimum absolute atomic E-state index is 0.523. The van der Waals surface area contributed by atoms with Crippen molar-refractivity contribution in [2.24, 2.45) is 7.05 Å². The van der Waals surface area contributed by atoms with Gasteiger partial charge in [-0.1, -0.05) is 0 Å². The molecular formula is C14H17F2N3. The summed E-state index contributed by atoms with van der Waals surface area (Å²) in [6.07, 6.45) is 3.26. The quantitative estimate of drug-likeness (QED) is 0.810. The fourth-order valence-corrected chi connectivity index (χ4v) is 1.98. The van der Waals surface area contributed by atoms with Crippen molar-refractivity contribution in [2.45, 2.75) is 12.8 Å². The first-order valence-corrected chi connectivity index (χ1v) is 6.28. The zero-order chi connectivity index (χ0) is 13.7. The normalized spacial score (nSPS) is 10.9. The fourth-order valence-electron chi connectivity index (χ4n) is 1.98. The lowest BCUT2D eigenvalue weighted by Crippen LogP contribution is -2.21. The van der Waals surface area contributed by atoms with Crippen LogP contribution < -0.4 is 5.32 Å². The number of nitrogens with zero attached hydrogens (tertiary/aromatic N) is 2. The van der Waals surface area contributed by atoms with Crippen LogP contribution in [0.1, 0.15) is 11.3 Å². The van der Waals surface area contributed by atoms with Crippen LogP contribution in [-0.4, -0.2) is 22.9 Å². The van der Waals surface area contributed by atoms with E-state index >= 15 is 0 Å². The van der Waals surface area contributed by atoms with E-state index < -0.39 is 11.6 Å². The summed E-state index contributed by atoms with van der Waals surface area (Å²) in [4.78, 5) is 0. The molecule has 1 heterocycles. The molecule has 2 aromatic rings. The number of halogens is 2. The summed E-state index contributed by atoms with van der Waals surface area (Å²) in [7, 11) is 1.91. The number of aromatic nitrogens is 2. The summed E-state index contributed by atoms with van der Waals surface area (Å²) in [5.41, 5.74) is 1.83. The Labute approximate surface area is 111 Å². The zero-order valence-electron chi connectivity index (χ0n) is 10.9. The number of benzene rings is 1. The second-order valence-electron chi connectivity index (χ2n) is 4.47. The van der Waals surface area contributed by atoms with Gasteiger partial charge in [0, 0.05) is 38.0 Å². The molecule has 1 N–H and O–H groups in total. The lowest BCUT2D eigenvalue weighted by atomic mass is 10.1. The molecule has 5 heteroatoms. The molecule has 102 valence electrons. The van der Waals surface area contributed by atoms with E-state index in [4.69, 9.17) is 0 Å². The van der Waals surface area contributed by atoms with E-state index in [0.29, 0.717) is 18.5 Å². The largest absolute Gasteiger partial charge is 0.316 e. The summed E-state index contributed by atoms with van der Waals surface area (Å²) in [5, 5.41) is 7.34. The lowest BCUT2D eigenvalue weighted by Gasteiger charge is -2.06. The molecule has 0 aliphatic rings. The maximum absolute atomic E-state index is 13.0. The Hall–Kier alpha value is -1.75. The van der Waals surface area contributed by atoms with Crippen molar-refractivity contribution in [3.8, 4) is 0 Å². The van der Waals surface area contributed by atoms with Crippen LogP contribution in [0.3, 0.4) is 0 Å². The first-order valence-electron chi connectivity index (χ1n) is 6.28. The molecule has 3 nitrogen and oxygen atoms in total. The summed E-state index contributed by atoms with van der Waals surface area (Å²) >= 11 is 0. The van der Waals surface area contributed by atoms with Crippen molar-refractivity contribution in [3.05, 3.63) is 53.4 Å². The van der Waals surface area contributed by atoms with Crippen LogP contribution in [0.2, 0.25) is 0 Å². The Morgan fingerprint density at radius 2 is 1.79 bits per heavy atom. The van der Waals surface area contributed by atoms with Crippen LogP contribution in [0.15, 0.2) is 30.5 Å². The van der Waals surface area contributed by atoms with Gasteiger partial charge in [0.2, 0.25) is 0 Å². The molecule has 19 heavy (non-hydrogen) atoms. The minimum Gasteiger partial charge on any atom is -0.316 e. The second kappa shape index (κ2) is 6.43. The molecule has 0 aliphatic heterocycles. The molecular weight excluding hydrogens is 248 g/mol. The van der Waals surface area contributed by atoms with Gasteiger partial charge in [0.1, 0.15) is 11.6 Å². The highest BCUT2D eigenvalue weighted by atomic mass is 19.1. The molecule has 0 atom stereocenters. The van der Waals surface area contributed by atoms with Gasteiger partial charge in [-0.15, -0.1) is 0 Å². The predicted molar refractivity (Wildman–Crippen MR) is 69.8 cm³/mol. The smallest absolute Gasteiger partial charge is 0.126 e. The molecule has 2 rings (SSSR count). The number of hydrogen-bond acceptors (Lipinski definition) is 2. The summed E-state index contributed by atoms with van der Waals surface area (Å²) < 4.78 is 27.8. The Morgan fingerprint density at radius 3 is 2.42 bits per heavy atom. The van der Waals surface area contributed by atoms with Gasteiger partial charge in [-0.25, -0.2) is 8.78 Å². The number of hydrogen-bond donors (Lipinski definition) is 1. The molecule has 0 fully saturated rings. The van der Waals surface area contributed by atoms with Gasteiger partial charge in [0.15, 0.2) is 0 Å². The van der Waals surface area contributed by atoms with Gasteiger partial charge >= 0.3 is 0 Å². The Morgan fingerprint density at radius 1 is 1.11 bits per heavy atom. The fraction of sp³-hybridized carbons (Fsp3) is 0.357. The summed E-state index contributed by atoms with van der Waals surface area (Å²) in [5.74, 6) is -1.05. The van der Waals surface area contributed by atoms with Crippen molar-refractivity contribution in [3.63, 3.8) is 0 Å². The van der Waals surface area contributed by atoms with Crippen molar-refractivity contribution in [2.75, 3.05) is 13.1 Å².